The molecule has 1 aromatic heterocycles. The zero-order valence-corrected chi connectivity index (χ0v) is 8.28. The van der Waals surface area contributed by atoms with Crippen LogP contribution in [0.25, 0.3) is 0 Å². The second-order valence-corrected chi connectivity index (χ2v) is 3.64. The Morgan fingerprint density at radius 2 is 2.12 bits per heavy atom. The maximum atomic E-state index is 10.5. The van der Waals surface area contributed by atoms with Crippen molar-refractivity contribution in [3.8, 4) is 0 Å². The van der Waals surface area contributed by atoms with Crippen LogP contribution in [0, 0.1) is 5.92 Å². The number of carbonyl (C=O) groups is 2. The average molecular weight is 226 g/mol. The highest BCUT2D eigenvalue weighted by atomic mass is 16.4. The van der Waals surface area contributed by atoms with Gasteiger partial charge in [0.05, 0.1) is 12.7 Å². The van der Waals surface area contributed by atoms with E-state index >= 15 is 0 Å². The molecule has 1 saturated heterocycles. The minimum atomic E-state index is -1.12. The monoisotopic (exact) mass is 226 g/mol. The lowest BCUT2D eigenvalue weighted by atomic mass is 10.0. The van der Waals surface area contributed by atoms with Crippen molar-refractivity contribution >= 4 is 12.1 Å². The Morgan fingerprint density at radius 3 is 2.62 bits per heavy atom. The largest absolute Gasteiger partial charge is 0.476 e. The number of carboxylic acids is 1. The minimum absolute atomic E-state index is 0.102. The predicted octanol–water partition coefficient (Wildman–Crippen LogP) is -0.414. The van der Waals surface area contributed by atoms with Crippen molar-refractivity contribution in [1.82, 2.24) is 19.9 Å². The van der Waals surface area contributed by atoms with Crippen molar-refractivity contribution in [2.75, 3.05) is 13.1 Å². The number of aromatic carboxylic acids is 1. The molecule has 0 radical (unpaired) electrons. The minimum Gasteiger partial charge on any atom is -0.476 e. The Morgan fingerprint density at radius 1 is 1.44 bits per heavy atom. The van der Waals surface area contributed by atoms with Crippen molar-refractivity contribution in [3.63, 3.8) is 0 Å². The van der Waals surface area contributed by atoms with Crippen molar-refractivity contribution in [2.45, 2.75) is 6.54 Å². The Labute approximate surface area is 90.1 Å². The number of likely N-dealkylation sites (tertiary alicyclic amines) is 1. The highest BCUT2D eigenvalue weighted by molar-refractivity contribution is 5.84. The summed E-state index contributed by atoms with van der Waals surface area (Å²) in [6, 6.07) is 0. The Hall–Kier alpha value is -2.12. The standard InChI is InChI=1S/C8H10N4O4/c13-7(14)6-1-9-12(10-6)4-5-2-11(3-5)8(15)16/h1,5H,2-4H2,(H,13,14)(H,15,16). The molecule has 2 heterocycles. The van der Waals surface area contributed by atoms with Gasteiger partial charge in [-0.3, -0.25) is 0 Å². The van der Waals surface area contributed by atoms with Crippen LogP contribution in [-0.2, 0) is 6.54 Å². The van der Waals surface area contributed by atoms with Crippen LogP contribution < -0.4 is 0 Å². The van der Waals surface area contributed by atoms with Crippen molar-refractivity contribution in [3.05, 3.63) is 11.9 Å². The first-order valence-electron chi connectivity index (χ1n) is 4.67. The second kappa shape index (κ2) is 3.80. The Bertz CT molecular complexity index is 423. The summed E-state index contributed by atoms with van der Waals surface area (Å²) in [5.74, 6) is -0.961. The van der Waals surface area contributed by atoms with Gasteiger partial charge >= 0.3 is 12.1 Å². The Kier molecular flexibility index (Phi) is 2.47. The molecule has 8 heteroatoms. The normalized spacial score (nSPS) is 15.9. The number of nitrogens with zero attached hydrogens (tertiary/aromatic N) is 4. The van der Waals surface area contributed by atoms with E-state index in [1.165, 1.54) is 15.9 Å². The van der Waals surface area contributed by atoms with E-state index in [-0.39, 0.29) is 11.6 Å². The van der Waals surface area contributed by atoms with Gasteiger partial charge in [0, 0.05) is 19.0 Å². The highest BCUT2D eigenvalue weighted by Gasteiger charge is 2.31. The van der Waals surface area contributed by atoms with Crippen LogP contribution in [0.4, 0.5) is 4.79 Å². The summed E-state index contributed by atoms with van der Waals surface area (Å²) in [7, 11) is 0. The third-order valence-electron chi connectivity index (χ3n) is 2.40. The molecule has 16 heavy (non-hydrogen) atoms. The van der Waals surface area contributed by atoms with Gasteiger partial charge in [-0.15, -0.1) is 5.10 Å². The molecule has 0 spiro atoms. The summed E-state index contributed by atoms with van der Waals surface area (Å²) >= 11 is 0. The van der Waals surface area contributed by atoms with Crippen molar-refractivity contribution in [2.24, 2.45) is 5.92 Å². The number of hydrogen-bond acceptors (Lipinski definition) is 4. The molecule has 8 nitrogen and oxygen atoms in total. The summed E-state index contributed by atoms with van der Waals surface area (Å²) < 4.78 is 0. The van der Waals surface area contributed by atoms with E-state index in [9.17, 15) is 9.59 Å². The molecule has 1 aliphatic rings. The molecular formula is C8H10N4O4. The van der Waals surface area contributed by atoms with Crippen molar-refractivity contribution in [1.29, 1.82) is 0 Å². The van der Waals surface area contributed by atoms with E-state index in [2.05, 4.69) is 10.2 Å². The van der Waals surface area contributed by atoms with Gasteiger partial charge < -0.3 is 15.1 Å². The van der Waals surface area contributed by atoms with Gasteiger partial charge in [-0.1, -0.05) is 0 Å². The molecular weight excluding hydrogens is 216 g/mol. The molecule has 1 aromatic rings. The van der Waals surface area contributed by atoms with Gasteiger partial charge in [0.25, 0.3) is 0 Å². The van der Waals surface area contributed by atoms with E-state index in [1.54, 1.807) is 0 Å². The molecule has 0 bridgehead atoms. The predicted molar refractivity (Wildman–Crippen MR) is 50.1 cm³/mol. The molecule has 0 saturated carbocycles. The van der Waals surface area contributed by atoms with Crippen molar-refractivity contribution < 1.29 is 19.8 Å². The SMILES string of the molecule is O=C(O)c1cnn(CC2CN(C(=O)O)C2)n1. The fourth-order valence-corrected chi connectivity index (χ4v) is 1.56. The van der Waals surface area contributed by atoms with Gasteiger partial charge in [-0.2, -0.15) is 9.90 Å². The lowest BCUT2D eigenvalue weighted by molar-refractivity contribution is 0.0682. The topological polar surface area (TPSA) is 109 Å². The van der Waals surface area contributed by atoms with Crippen LogP contribution in [0.3, 0.4) is 0 Å². The maximum absolute atomic E-state index is 10.5. The summed E-state index contributed by atoms with van der Waals surface area (Å²) in [5.41, 5.74) is -0.102. The molecule has 0 unspecified atom stereocenters. The summed E-state index contributed by atoms with van der Waals surface area (Å²) in [5, 5.41) is 24.8. The third-order valence-corrected chi connectivity index (χ3v) is 2.40. The third kappa shape index (κ3) is 1.95. The summed E-state index contributed by atoms with van der Waals surface area (Å²) in [4.78, 5) is 23.6. The molecule has 0 atom stereocenters. The van der Waals surface area contributed by atoms with Crippen LogP contribution >= 0.6 is 0 Å². The highest BCUT2D eigenvalue weighted by Crippen LogP contribution is 2.16. The molecule has 1 fully saturated rings. The van der Waals surface area contributed by atoms with Crippen LogP contribution in [0.15, 0.2) is 6.20 Å². The van der Waals surface area contributed by atoms with E-state index in [0.717, 1.165) is 0 Å². The molecule has 1 amide bonds. The number of amides is 1. The maximum Gasteiger partial charge on any atom is 0.407 e. The lowest BCUT2D eigenvalue weighted by Crippen LogP contribution is -2.51. The number of carboxylic acid groups (broad SMARTS) is 2. The molecule has 0 aromatic carbocycles. The number of rotatable bonds is 3. The summed E-state index contributed by atoms with van der Waals surface area (Å²) in [6.45, 7) is 1.33. The molecule has 1 aliphatic heterocycles. The van der Waals surface area contributed by atoms with Gasteiger partial charge in [0.1, 0.15) is 0 Å². The first kappa shape index (κ1) is 10.4. The summed E-state index contributed by atoms with van der Waals surface area (Å²) in [6.07, 6.45) is 0.242. The zero-order valence-electron chi connectivity index (χ0n) is 8.28. The van der Waals surface area contributed by atoms with Gasteiger partial charge in [-0.05, 0) is 0 Å². The fourth-order valence-electron chi connectivity index (χ4n) is 1.56. The van der Waals surface area contributed by atoms with Crippen LogP contribution in [0.2, 0.25) is 0 Å². The fraction of sp³-hybridized carbons (Fsp3) is 0.500. The number of aromatic nitrogens is 3. The van der Waals surface area contributed by atoms with E-state index < -0.39 is 12.1 Å². The molecule has 2 N–H and O–H groups in total. The van der Waals surface area contributed by atoms with Gasteiger partial charge in [0.2, 0.25) is 0 Å². The van der Waals surface area contributed by atoms with Crippen LogP contribution in [0.1, 0.15) is 10.5 Å². The van der Waals surface area contributed by atoms with Crippen LogP contribution in [0.5, 0.6) is 0 Å². The molecule has 2 rings (SSSR count). The Balaban J connectivity index is 1.87. The lowest BCUT2D eigenvalue weighted by Gasteiger charge is -2.36. The van der Waals surface area contributed by atoms with Gasteiger partial charge in [0.15, 0.2) is 5.69 Å². The average Bonchev–Trinajstić information content (AvgIpc) is 2.58. The van der Waals surface area contributed by atoms with E-state index in [1.807, 2.05) is 0 Å². The van der Waals surface area contributed by atoms with E-state index in [0.29, 0.717) is 19.6 Å². The van der Waals surface area contributed by atoms with Crippen LogP contribution in [-0.4, -0.2) is 55.3 Å². The molecule has 86 valence electrons. The van der Waals surface area contributed by atoms with E-state index in [4.69, 9.17) is 10.2 Å². The second-order valence-electron chi connectivity index (χ2n) is 3.64. The number of hydrogen-bond donors (Lipinski definition) is 2. The first-order valence-corrected chi connectivity index (χ1v) is 4.67. The zero-order chi connectivity index (χ0) is 11.7. The molecule has 0 aliphatic carbocycles. The first-order chi connectivity index (χ1) is 7.56. The smallest absolute Gasteiger partial charge is 0.407 e. The quantitative estimate of drug-likeness (QED) is 0.724. The van der Waals surface area contributed by atoms with Gasteiger partial charge in [-0.25, -0.2) is 9.59 Å².